The van der Waals surface area contributed by atoms with Crippen molar-refractivity contribution >= 4 is 24.4 Å². The van der Waals surface area contributed by atoms with Gasteiger partial charge in [-0.2, -0.15) is 0 Å². The zero-order valence-corrected chi connectivity index (χ0v) is 18.2. The molecule has 4 rings (SSSR count). The van der Waals surface area contributed by atoms with E-state index in [0.717, 1.165) is 12.0 Å². The molecule has 0 atom stereocenters. The summed E-state index contributed by atoms with van der Waals surface area (Å²) < 4.78 is 0. The summed E-state index contributed by atoms with van der Waals surface area (Å²) in [4.78, 5) is 41.6. The molecule has 168 valence electrons. The van der Waals surface area contributed by atoms with E-state index in [-0.39, 0.29) is 18.4 Å². The first-order valence-corrected chi connectivity index (χ1v) is 10.7. The van der Waals surface area contributed by atoms with E-state index in [4.69, 9.17) is 9.90 Å². The van der Waals surface area contributed by atoms with Gasteiger partial charge in [0.2, 0.25) is 5.96 Å². The van der Waals surface area contributed by atoms with Crippen LogP contribution in [0.1, 0.15) is 42.4 Å². The van der Waals surface area contributed by atoms with Gasteiger partial charge in [0.05, 0.1) is 0 Å². The molecule has 2 heterocycles. The molecule has 0 aromatic heterocycles. The van der Waals surface area contributed by atoms with Gasteiger partial charge in [0.15, 0.2) is 0 Å². The van der Waals surface area contributed by atoms with Gasteiger partial charge in [0.1, 0.15) is 5.54 Å². The number of hydrogen-bond donors (Lipinski definition) is 3. The predicted molar refractivity (Wildman–Crippen MR) is 117 cm³/mol. The van der Waals surface area contributed by atoms with Crippen LogP contribution >= 0.6 is 0 Å². The number of nitrogens with zero attached hydrogens (tertiary/aromatic N) is 3. The lowest BCUT2D eigenvalue weighted by Crippen LogP contribution is -2.52. The maximum Gasteiger partial charge on any atom is 0.317 e. The summed E-state index contributed by atoms with van der Waals surface area (Å²) in [5.74, 6) is 0.556. The normalized spacial score (nSPS) is 18.8. The van der Waals surface area contributed by atoms with Crippen LogP contribution in [0.2, 0.25) is 0 Å². The van der Waals surface area contributed by atoms with Crippen molar-refractivity contribution in [3.63, 3.8) is 0 Å². The lowest BCUT2D eigenvalue weighted by atomic mass is 9.88. The Bertz CT molecular complexity index is 859. The number of carboxylic acid groups (broad SMARTS) is 1. The number of aliphatic imine (C=N–C) groups is 1. The van der Waals surface area contributed by atoms with Crippen molar-refractivity contribution in [1.82, 2.24) is 20.4 Å². The van der Waals surface area contributed by atoms with Crippen molar-refractivity contribution in [2.24, 2.45) is 4.99 Å². The number of fused-ring (bicyclic) bond motifs is 1. The fraction of sp³-hybridized carbons (Fsp3) is 0.545. The van der Waals surface area contributed by atoms with Gasteiger partial charge in [-0.3, -0.25) is 14.9 Å². The Morgan fingerprint density at radius 3 is 2.52 bits per heavy atom. The van der Waals surface area contributed by atoms with Crippen LogP contribution in [0, 0.1) is 0 Å². The molecule has 9 heteroatoms. The Labute approximate surface area is 182 Å². The van der Waals surface area contributed by atoms with Crippen molar-refractivity contribution in [3.05, 3.63) is 34.9 Å². The van der Waals surface area contributed by atoms with Crippen molar-refractivity contribution in [2.75, 3.05) is 27.2 Å². The van der Waals surface area contributed by atoms with Crippen LogP contribution in [0.4, 0.5) is 4.79 Å². The van der Waals surface area contributed by atoms with Crippen molar-refractivity contribution in [1.29, 1.82) is 0 Å². The average molecular weight is 430 g/mol. The SMILES string of the molecule is CN(C)C1=NC2(CCN(C(=O)NCc3ccc4c(c3)CCCC4)CC2)C(=O)N1.O=CO. The highest BCUT2D eigenvalue weighted by Gasteiger charge is 2.46. The van der Waals surface area contributed by atoms with Crippen molar-refractivity contribution in [3.8, 4) is 0 Å². The quantitative estimate of drug-likeness (QED) is 0.614. The largest absolute Gasteiger partial charge is 0.483 e. The van der Waals surface area contributed by atoms with Gasteiger partial charge < -0.3 is 20.2 Å². The number of carbonyl (C=O) groups excluding carboxylic acids is 2. The minimum absolute atomic E-state index is 0.0506. The Morgan fingerprint density at radius 2 is 1.90 bits per heavy atom. The predicted octanol–water partition coefficient (Wildman–Crippen LogP) is 1.36. The Morgan fingerprint density at radius 1 is 1.26 bits per heavy atom. The molecule has 1 saturated heterocycles. The minimum atomic E-state index is -0.713. The zero-order valence-electron chi connectivity index (χ0n) is 18.2. The standard InChI is InChI=1S/C21H29N5O2.CH2O2/c1-25(2)19-23-18(27)21(24-19)9-11-26(12-10-21)20(28)22-14-15-7-8-16-5-3-4-6-17(16)13-15;2-1-3/h7-8,13H,3-6,9-12,14H2,1-2H3,(H,22,28)(H,23,24,27);1H,(H,2,3). The number of amides is 3. The summed E-state index contributed by atoms with van der Waals surface area (Å²) in [6.07, 6.45) is 5.96. The first-order chi connectivity index (χ1) is 14.9. The number of carbonyl (C=O) groups is 3. The van der Waals surface area contributed by atoms with E-state index < -0.39 is 5.54 Å². The van der Waals surface area contributed by atoms with Crippen LogP contribution in [0.25, 0.3) is 0 Å². The van der Waals surface area contributed by atoms with Gasteiger partial charge in [-0.25, -0.2) is 9.79 Å². The van der Waals surface area contributed by atoms with Crippen LogP contribution in [0.3, 0.4) is 0 Å². The number of guanidine groups is 1. The number of aryl methyl sites for hydroxylation is 2. The first-order valence-electron chi connectivity index (χ1n) is 10.7. The molecule has 0 unspecified atom stereocenters. The molecule has 31 heavy (non-hydrogen) atoms. The molecule has 0 radical (unpaired) electrons. The second kappa shape index (κ2) is 9.80. The van der Waals surface area contributed by atoms with Gasteiger partial charge in [0, 0.05) is 33.7 Å². The molecule has 0 saturated carbocycles. The molecule has 9 nitrogen and oxygen atoms in total. The summed E-state index contributed by atoms with van der Waals surface area (Å²) in [7, 11) is 3.73. The monoisotopic (exact) mass is 429 g/mol. The van der Waals surface area contributed by atoms with E-state index in [0.29, 0.717) is 38.4 Å². The number of urea groups is 1. The molecule has 2 aliphatic heterocycles. The number of likely N-dealkylation sites (tertiary alicyclic amines) is 1. The van der Waals surface area contributed by atoms with E-state index in [1.54, 1.807) is 4.90 Å². The number of piperidine rings is 1. The van der Waals surface area contributed by atoms with E-state index in [2.05, 4.69) is 33.8 Å². The molecule has 1 fully saturated rings. The van der Waals surface area contributed by atoms with Crippen LogP contribution in [-0.2, 0) is 29.0 Å². The van der Waals surface area contributed by atoms with Gasteiger partial charge >= 0.3 is 6.03 Å². The zero-order chi connectivity index (χ0) is 22.4. The smallest absolute Gasteiger partial charge is 0.317 e. The highest BCUT2D eigenvalue weighted by molar-refractivity contribution is 6.07. The molecule has 3 aliphatic rings. The number of nitrogens with one attached hydrogen (secondary N) is 2. The summed E-state index contributed by atoms with van der Waals surface area (Å²) in [6, 6.07) is 6.50. The summed E-state index contributed by atoms with van der Waals surface area (Å²) in [6.45, 7) is 1.36. The molecular formula is C22H31N5O4. The Balaban J connectivity index is 0.000000858. The second-order valence-corrected chi connectivity index (χ2v) is 8.38. The highest BCUT2D eigenvalue weighted by Crippen LogP contribution is 2.30. The molecule has 1 spiro atoms. The number of benzene rings is 1. The molecular weight excluding hydrogens is 398 g/mol. The van der Waals surface area contributed by atoms with E-state index in [1.165, 1.54) is 30.4 Å². The van der Waals surface area contributed by atoms with Crippen molar-refractivity contribution in [2.45, 2.75) is 50.6 Å². The number of hydrogen-bond acceptors (Lipinski definition) is 5. The number of rotatable bonds is 2. The average Bonchev–Trinajstić information content (AvgIpc) is 3.09. The topological polar surface area (TPSA) is 114 Å². The second-order valence-electron chi connectivity index (χ2n) is 8.38. The van der Waals surface area contributed by atoms with Gasteiger partial charge in [-0.1, -0.05) is 18.2 Å². The lowest BCUT2D eigenvalue weighted by molar-refractivity contribution is -0.125. The third-order valence-corrected chi connectivity index (χ3v) is 6.13. The maximum atomic E-state index is 12.6. The fourth-order valence-corrected chi connectivity index (χ4v) is 4.32. The molecule has 1 aromatic rings. The first kappa shape index (κ1) is 22.6. The summed E-state index contributed by atoms with van der Waals surface area (Å²) in [5.41, 5.74) is 3.32. The third kappa shape index (κ3) is 5.15. The van der Waals surface area contributed by atoms with Crippen molar-refractivity contribution < 1.29 is 19.5 Å². The fourth-order valence-electron chi connectivity index (χ4n) is 4.32. The van der Waals surface area contributed by atoms with E-state index in [1.807, 2.05) is 19.0 Å². The molecule has 3 amide bonds. The highest BCUT2D eigenvalue weighted by atomic mass is 16.3. The summed E-state index contributed by atoms with van der Waals surface area (Å²) >= 11 is 0. The Hall–Kier alpha value is -3.10. The third-order valence-electron chi connectivity index (χ3n) is 6.13. The maximum absolute atomic E-state index is 12.6. The molecule has 3 N–H and O–H groups in total. The van der Waals surface area contributed by atoms with E-state index in [9.17, 15) is 9.59 Å². The summed E-state index contributed by atoms with van der Waals surface area (Å²) in [5, 5.41) is 12.8. The van der Waals surface area contributed by atoms with E-state index >= 15 is 0 Å². The minimum Gasteiger partial charge on any atom is -0.483 e. The van der Waals surface area contributed by atoms with Crippen LogP contribution in [0.5, 0.6) is 0 Å². The van der Waals surface area contributed by atoms with Gasteiger partial charge in [0.25, 0.3) is 12.4 Å². The Kier molecular flexibility index (Phi) is 7.14. The lowest BCUT2D eigenvalue weighted by Gasteiger charge is -2.35. The van der Waals surface area contributed by atoms with Crippen LogP contribution in [0.15, 0.2) is 23.2 Å². The van der Waals surface area contributed by atoms with Crippen LogP contribution in [-0.4, -0.2) is 72.0 Å². The molecule has 1 aliphatic carbocycles. The molecule has 1 aromatic carbocycles. The molecule has 0 bridgehead atoms. The van der Waals surface area contributed by atoms with Crippen LogP contribution < -0.4 is 10.6 Å². The van der Waals surface area contributed by atoms with Gasteiger partial charge in [-0.05, 0) is 55.2 Å². The van der Waals surface area contributed by atoms with Gasteiger partial charge in [-0.15, -0.1) is 0 Å².